The summed E-state index contributed by atoms with van der Waals surface area (Å²) in [7, 11) is 0. The van der Waals surface area contributed by atoms with Gasteiger partial charge in [0.15, 0.2) is 6.61 Å². The molecule has 1 saturated heterocycles. The Kier molecular flexibility index (Phi) is 7.43. The fraction of sp³-hybridized carbons (Fsp3) is 0.571. The number of aliphatic carboxylic acids is 1. The molecule has 1 aliphatic rings. The Morgan fingerprint density at radius 2 is 1.89 bits per heavy atom. The molecule has 7 heteroatoms. The first-order valence-corrected chi connectivity index (χ1v) is 9.67. The fourth-order valence-electron chi connectivity index (χ4n) is 3.22. The minimum Gasteiger partial charge on any atom is -0.482 e. The highest BCUT2D eigenvalue weighted by Crippen LogP contribution is 2.23. The van der Waals surface area contributed by atoms with E-state index in [0.29, 0.717) is 25.3 Å². The van der Waals surface area contributed by atoms with Gasteiger partial charge < -0.3 is 20.1 Å². The lowest BCUT2D eigenvalue weighted by atomic mass is 9.91. The van der Waals surface area contributed by atoms with E-state index in [1.165, 1.54) is 0 Å². The molecular formula is C21H30N2O5. The van der Waals surface area contributed by atoms with Gasteiger partial charge in [0.1, 0.15) is 5.75 Å². The number of rotatable bonds is 7. The molecule has 1 heterocycles. The number of nitrogens with zero attached hydrogens (tertiary/aromatic N) is 1. The van der Waals surface area contributed by atoms with Crippen LogP contribution in [0.25, 0.3) is 0 Å². The molecule has 0 spiro atoms. The van der Waals surface area contributed by atoms with Crippen molar-refractivity contribution in [1.29, 1.82) is 0 Å². The summed E-state index contributed by atoms with van der Waals surface area (Å²) in [6.07, 6.45) is 2.31. The average molecular weight is 390 g/mol. The van der Waals surface area contributed by atoms with Gasteiger partial charge in [0.2, 0.25) is 11.8 Å². The molecule has 1 aromatic rings. The van der Waals surface area contributed by atoms with Gasteiger partial charge in [-0.3, -0.25) is 9.59 Å². The van der Waals surface area contributed by atoms with Gasteiger partial charge in [-0.1, -0.05) is 32.9 Å². The Hall–Kier alpha value is -2.57. The number of ether oxygens (including phenoxy) is 1. The molecule has 0 aromatic heterocycles. The van der Waals surface area contributed by atoms with Gasteiger partial charge in [-0.2, -0.15) is 0 Å². The van der Waals surface area contributed by atoms with Crippen LogP contribution in [0.5, 0.6) is 5.75 Å². The highest BCUT2D eigenvalue weighted by atomic mass is 16.5. The monoisotopic (exact) mass is 390 g/mol. The van der Waals surface area contributed by atoms with Crippen molar-refractivity contribution < 1.29 is 24.2 Å². The first-order valence-electron chi connectivity index (χ1n) is 9.67. The van der Waals surface area contributed by atoms with E-state index in [2.05, 4.69) is 5.32 Å². The average Bonchev–Trinajstić information content (AvgIpc) is 2.66. The van der Waals surface area contributed by atoms with Crippen molar-refractivity contribution in [2.24, 2.45) is 11.3 Å². The Balaban J connectivity index is 1.77. The highest BCUT2D eigenvalue weighted by molar-refractivity contribution is 5.83. The van der Waals surface area contributed by atoms with Gasteiger partial charge in [0, 0.05) is 25.0 Å². The quantitative estimate of drug-likeness (QED) is 0.743. The lowest BCUT2D eigenvalue weighted by Gasteiger charge is -2.35. The molecule has 28 heavy (non-hydrogen) atoms. The predicted octanol–water partition coefficient (Wildman–Crippen LogP) is 2.09. The molecule has 0 bridgehead atoms. The molecule has 2 amide bonds. The van der Waals surface area contributed by atoms with Crippen LogP contribution in [0.3, 0.4) is 0 Å². The molecule has 7 nitrogen and oxygen atoms in total. The van der Waals surface area contributed by atoms with Crippen LogP contribution in [-0.2, 0) is 20.8 Å². The topological polar surface area (TPSA) is 95.9 Å². The molecule has 2 rings (SSSR count). The van der Waals surface area contributed by atoms with E-state index < -0.39 is 11.4 Å². The van der Waals surface area contributed by atoms with E-state index in [4.69, 9.17) is 9.84 Å². The summed E-state index contributed by atoms with van der Waals surface area (Å²) in [5.41, 5.74) is 0.592. The summed E-state index contributed by atoms with van der Waals surface area (Å²) in [5.74, 6) is -0.590. The van der Waals surface area contributed by atoms with E-state index in [1.807, 2.05) is 37.8 Å². The van der Waals surface area contributed by atoms with Gasteiger partial charge in [0.05, 0.1) is 5.92 Å². The Bertz CT molecular complexity index is 694. The van der Waals surface area contributed by atoms with E-state index in [1.54, 1.807) is 12.1 Å². The summed E-state index contributed by atoms with van der Waals surface area (Å²) < 4.78 is 5.10. The molecular weight excluding hydrogens is 360 g/mol. The molecule has 1 unspecified atom stereocenters. The number of amides is 2. The molecule has 1 aliphatic heterocycles. The second-order valence-electron chi connectivity index (χ2n) is 8.21. The minimum absolute atomic E-state index is 0.00665. The standard InChI is InChI=1S/C21H30N2O5/c1-21(2,3)20(27)23-12-4-5-16(13-23)19(26)22-11-10-15-6-8-17(9-7-15)28-14-18(24)25/h6-9,16H,4-5,10-14H2,1-3H3,(H,22,26)(H,24,25). The van der Waals surface area contributed by atoms with Crippen LogP contribution in [0, 0.1) is 11.3 Å². The van der Waals surface area contributed by atoms with Crippen molar-refractivity contribution in [3.05, 3.63) is 29.8 Å². The zero-order chi connectivity index (χ0) is 20.7. The molecule has 0 aliphatic carbocycles. The largest absolute Gasteiger partial charge is 0.482 e. The number of benzene rings is 1. The predicted molar refractivity (Wildman–Crippen MR) is 105 cm³/mol. The zero-order valence-electron chi connectivity index (χ0n) is 16.9. The molecule has 154 valence electrons. The van der Waals surface area contributed by atoms with Gasteiger partial charge in [-0.25, -0.2) is 4.79 Å². The van der Waals surface area contributed by atoms with E-state index >= 15 is 0 Å². The minimum atomic E-state index is -1.02. The van der Waals surface area contributed by atoms with Crippen molar-refractivity contribution in [3.63, 3.8) is 0 Å². The number of nitrogens with one attached hydrogen (secondary N) is 1. The van der Waals surface area contributed by atoms with Gasteiger partial charge >= 0.3 is 5.97 Å². The van der Waals surface area contributed by atoms with Crippen molar-refractivity contribution in [1.82, 2.24) is 10.2 Å². The number of carbonyl (C=O) groups excluding carboxylic acids is 2. The fourth-order valence-corrected chi connectivity index (χ4v) is 3.22. The smallest absolute Gasteiger partial charge is 0.341 e. The van der Waals surface area contributed by atoms with Gasteiger partial charge in [-0.05, 0) is 37.0 Å². The van der Waals surface area contributed by atoms with Crippen molar-refractivity contribution in [3.8, 4) is 5.75 Å². The molecule has 2 N–H and O–H groups in total. The summed E-state index contributed by atoms with van der Waals surface area (Å²) in [4.78, 5) is 37.2. The summed E-state index contributed by atoms with van der Waals surface area (Å²) in [6, 6.07) is 7.15. The second-order valence-corrected chi connectivity index (χ2v) is 8.21. The lowest BCUT2D eigenvalue weighted by molar-refractivity contribution is -0.143. The van der Waals surface area contributed by atoms with Crippen molar-refractivity contribution in [2.75, 3.05) is 26.2 Å². The van der Waals surface area contributed by atoms with Crippen LogP contribution in [0.4, 0.5) is 0 Å². The van der Waals surface area contributed by atoms with E-state index in [-0.39, 0.29) is 24.3 Å². The summed E-state index contributed by atoms with van der Waals surface area (Å²) in [6.45, 7) is 7.04. The SMILES string of the molecule is CC(C)(C)C(=O)N1CCCC(C(=O)NCCc2ccc(OCC(=O)O)cc2)C1. The lowest BCUT2D eigenvalue weighted by Crippen LogP contribution is -2.48. The third-order valence-electron chi connectivity index (χ3n) is 4.72. The van der Waals surface area contributed by atoms with Crippen LogP contribution >= 0.6 is 0 Å². The maximum atomic E-state index is 12.5. The van der Waals surface area contributed by atoms with Crippen LogP contribution in [0.2, 0.25) is 0 Å². The summed E-state index contributed by atoms with van der Waals surface area (Å²) in [5, 5.41) is 11.6. The molecule has 1 fully saturated rings. The van der Waals surface area contributed by atoms with Crippen molar-refractivity contribution in [2.45, 2.75) is 40.0 Å². The molecule has 0 radical (unpaired) electrons. The third kappa shape index (κ3) is 6.55. The first kappa shape index (κ1) is 21.7. The number of piperidine rings is 1. The number of carboxylic acids is 1. The van der Waals surface area contributed by atoms with Crippen molar-refractivity contribution >= 4 is 17.8 Å². The Labute approximate surface area is 166 Å². The number of carboxylic acid groups (broad SMARTS) is 1. The van der Waals surface area contributed by atoms with Crippen LogP contribution < -0.4 is 10.1 Å². The summed E-state index contributed by atoms with van der Waals surface area (Å²) >= 11 is 0. The van der Waals surface area contributed by atoms with E-state index in [9.17, 15) is 14.4 Å². The van der Waals surface area contributed by atoms with E-state index in [0.717, 1.165) is 24.9 Å². The first-order chi connectivity index (χ1) is 13.2. The third-order valence-corrected chi connectivity index (χ3v) is 4.72. The number of hydrogen-bond donors (Lipinski definition) is 2. The maximum Gasteiger partial charge on any atom is 0.341 e. The molecule has 0 saturated carbocycles. The highest BCUT2D eigenvalue weighted by Gasteiger charge is 2.33. The normalized spacial score (nSPS) is 17.1. The van der Waals surface area contributed by atoms with Crippen LogP contribution in [0.1, 0.15) is 39.2 Å². The Morgan fingerprint density at radius 1 is 1.21 bits per heavy atom. The zero-order valence-corrected chi connectivity index (χ0v) is 16.9. The second kappa shape index (κ2) is 9.57. The van der Waals surface area contributed by atoms with Crippen LogP contribution in [-0.4, -0.2) is 54.0 Å². The molecule has 1 aromatic carbocycles. The van der Waals surface area contributed by atoms with Gasteiger partial charge in [0.25, 0.3) is 0 Å². The molecule has 1 atom stereocenters. The number of carbonyl (C=O) groups is 3. The number of likely N-dealkylation sites (tertiary alicyclic amines) is 1. The van der Waals surface area contributed by atoms with Gasteiger partial charge in [-0.15, -0.1) is 0 Å². The maximum absolute atomic E-state index is 12.5. The Morgan fingerprint density at radius 3 is 2.50 bits per heavy atom. The van der Waals surface area contributed by atoms with Crippen LogP contribution in [0.15, 0.2) is 24.3 Å². The number of hydrogen-bond acceptors (Lipinski definition) is 4.